The molecule has 6 nitrogen and oxygen atoms in total. The van der Waals surface area contributed by atoms with Crippen molar-refractivity contribution in [3.8, 4) is 0 Å². The minimum absolute atomic E-state index is 0.00512. The average Bonchev–Trinajstić information content (AvgIpc) is 2.25. The number of urea groups is 1. The van der Waals surface area contributed by atoms with Gasteiger partial charge in [-0.2, -0.15) is 5.10 Å². The van der Waals surface area contributed by atoms with Gasteiger partial charge in [-0.05, 0) is 16.8 Å². The van der Waals surface area contributed by atoms with Crippen LogP contribution in [0.15, 0.2) is 28.5 Å². The van der Waals surface area contributed by atoms with Gasteiger partial charge in [-0.3, -0.25) is 0 Å². The van der Waals surface area contributed by atoms with E-state index in [1.165, 1.54) is 18.3 Å². The highest BCUT2D eigenvalue weighted by Crippen LogP contribution is 2.19. The minimum Gasteiger partial charge on any atom is -0.350 e. The van der Waals surface area contributed by atoms with Gasteiger partial charge in [0.2, 0.25) is 0 Å². The predicted molar refractivity (Wildman–Crippen MR) is 56.8 cm³/mol. The molecular weight excluding hydrogens is 215 g/mol. The van der Waals surface area contributed by atoms with Crippen LogP contribution >= 0.6 is 0 Å². The Morgan fingerprint density at radius 1 is 1.56 bits per heavy atom. The summed E-state index contributed by atoms with van der Waals surface area (Å²) < 4.78 is 12.7. The minimum atomic E-state index is -0.788. The highest BCUT2D eigenvalue weighted by Gasteiger charge is 2.03. The third kappa shape index (κ3) is 3.45. The van der Waals surface area contributed by atoms with Gasteiger partial charge in [0.25, 0.3) is 0 Å². The average molecular weight is 224 g/mol. The number of carbonyl (C=O) groups excluding carboxylic acids is 1. The molecule has 0 radical (unpaired) electrons. The number of hydrogen-bond acceptors (Lipinski definition) is 4. The molecular formula is C9H9FN4O2. The van der Waals surface area contributed by atoms with Gasteiger partial charge in [0.1, 0.15) is 11.5 Å². The summed E-state index contributed by atoms with van der Waals surface area (Å²) in [5.74, 6) is -0.537. The molecule has 0 saturated heterocycles. The lowest BCUT2D eigenvalue weighted by molar-refractivity contribution is 0.249. The number of amides is 2. The Morgan fingerprint density at radius 3 is 2.94 bits per heavy atom. The first kappa shape index (κ1) is 11.8. The number of rotatable bonds is 4. The molecule has 84 valence electrons. The zero-order valence-electron chi connectivity index (χ0n) is 8.18. The summed E-state index contributed by atoms with van der Waals surface area (Å²) in [6, 6.07) is 2.86. The van der Waals surface area contributed by atoms with E-state index in [4.69, 9.17) is 5.73 Å². The number of nitrogens with one attached hydrogen (secondary N) is 1. The molecule has 0 aliphatic heterocycles. The molecule has 1 rings (SSSR count). The molecule has 2 amide bonds. The fourth-order valence-electron chi connectivity index (χ4n) is 1.05. The molecule has 0 aliphatic rings. The fourth-order valence-corrected chi connectivity index (χ4v) is 1.05. The number of hydrazone groups is 1. The van der Waals surface area contributed by atoms with Crippen molar-refractivity contribution >= 4 is 17.9 Å². The van der Waals surface area contributed by atoms with Crippen molar-refractivity contribution < 1.29 is 9.18 Å². The Labute approximate surface area is 90.3 Å². The topological polar surface area (TPSA) is 96.9 Å². The number of nitrogens with zero attached hydrogens (tertiary/aromatic N) is 2. The summed E-state index contributed by atoms with van der Waals surface area (Å²) in [7, 11) is 0. The third-order valence-electron chi connectivity index (χ3n) is 1.72. The van der Waals surface area contributed by atoms with Gasteiger partial charge in [-0.25, -0.2) is 14.6 Å². The van der Waals surface area contributed by atoms with E-state index in [1.54, 1.807) is 0 Å². The maximum Gasteiger partial charge on any atom is 0.332 e. The van der Waals surface area contributed by atoms with Crippen LogP contribution in [0.5, 0.6) is 0 Å². The lowest BCUT2D eigenvalue weighted by Crippen LogP contribution is -2.24. The van der Waals surface area contributed by atoms with E-state index in [9.17, 15) is 14.1 Å². The largest absolute Gasteiger partial charge is 0.350 e. The third-order valence-corrected chi connectivity index (χ3v) is 1.72. The molecule has 3 N–H and O–H groups in total. The standard InChI is InChI=1S/C9H9FN4O2/c10-7-2-1-6(8(5-7)14-16)3-4-12-13-9(11)15/h1-2,4-5H,3H2,(H3,11,13,15)/b12-4+. The molecule has 0 aromatic heterocycles. The zero-order valence-corrected chi connectivity index (χ0v) is 8.18. The maximum atomic E-state index is 12.7. The molecule has 0 saturated carbocycles. The van der Waals surface area contributed by atoms with Crippen molar-refractivity contribution in [3.05, 3.63) is 34.5 Å². The first-order chi connectivity index (χ1) is 7.63. The summed E-state index contributed by atoms with van der Waals surface area (Å²) >= 11 is 0. The highest BCUT2D eigenvalue weighted by molar-refractivity contribution is 5.73. The molecule has 7 heteroatoms. The van der Waals surface area contributed by atoms with Crippen LogP contribution in [0.1, 0.15) is 5.56 Å². The summed E-state index contributed by atoms with van der Waals surface area (Å²) in [6.45, 7) is 0. The van der Waals surface area contributed by atoms with E-state index in [0.717, 1.165) is 6.07 Å². The SMILES string of the molecule is NC(=O)N/N=C/Cc1ccc(F)cc1N=O. The number of benzene rings is 1. The van der Waals surface area contributed by atoms with Crippen LogP contribution in [-0.4, -0.2) is 12.2 Å². The summed E-state index contributed by atoms with van der Waals surface area (Å²) in [5, 5.41) is 6.16. The van der Waals surface area contributed by atoms with Crippen LogP contribution in [0.2, 0.25) is 0 Å². The summed E-state index contributed by atoms with van der Waals surface area (Å²) in [5.41, 5.74) is 7.27. The van der Waals surface area contributed by atoms with E-state index in [-0.39, 0.29) is 12.1 Å². The smallest absolute Gasteiger partial charge is 0.332 e. The lowest BCUT2D eigenvalue weighted by atomic mass is 10.1. The zero-order chi connectivity index (χ0) is 12.0. The number of nitrogens with two attached hydrogens (primary N) is 1. The van der Waals surface area contributed by atoms with Crippen LogP contribution in [0.3, 0.4) is 0 Å². The van der Waals surface area contributed by atoms with Crippen molar-refractivity contribution in [1.29, 1.82) is 0 Å². The second-order valence-corrected chi connectivity index (χ2v) is 2.86. The molecule has 1 aromatic carbocycles. The Kier molecular flexibility index (Phi) is 4.07. The van der Waals surface area contributed by atoms with Gasteiger partial charge in [-0.15, -0.1) is 4.91 Å². The van der Waals surface area contributed by atoms with E-state index >= 15 is 0 Å². The number of halogens is 1. The Balaban J connectivity index is 2.70. The molecule has 16 heavy (non-hydrogen) atoms. The second-order valence-electron chi connectivity index (χ2n) is 2.86. The van der Waals surface area contributed by atoms with Crippen molar-refractivity contribution in [2.45, 2.75) is 6.42 Å². The van der Waals surface area contributed by atoms with Crippen molar-refractivity contribution in [2.24, 2.45) is 16.0 Å². The van der Waals surface area contributed by atoms with Crippen LogP contribution in [0.4, 0.5) is 14.9 Å². The van der Waals surface area contributed by atoms with Gasteiger partial charge in [0, 0.05) is 18.7 Å². The molecule has 0 aliphatic carbocycles. The molecule has 0 heterocycles. The van der Waals surface area contributed by atoms with Crippen molar-refractivity contribution in [3.63, 3.8) is 0 Å². The molecule has 0 spiro atoms. The van der Waals surface area contributed by atoms with Gasteiger partial charge >= 0.3 is 6.03 Å². The van der Waals surface area contributed by atoms with E-state index < -0.39 is 11.8 Å². The Morgan fingerprint density at radius 2 is 2.31 bits per heavy atom. The van der Waals surface area contributed by atoms with Crippen molar-refractivity contribution in [2.75, 3.05) is 0 Å². The van der Waals surface area contributed by atoms with Gasteiger partial charge in [0.15, 0.2) is 0 Å². The van der Waals surface area contributed by atoms with Gasteiger partial charge in [0.05, 0.1) is 0 Å². The number of carbonyl (C=O) groups is 1. The van der Waals surface area contributed by atoms with Gasteiger partial charge in [-0.1, -0.05) is 6.07 Å². The predicted octanol–water partition coefficient (Wildman–Crippen LogP) is 1.42. The monoisotopic (exact) mass is 224 g/mol. The summed E-state index contributed by atoms with van der Waals surface area (Å²) in [6.07, 6.45) is 1.56. The fraction of sp³-hybridized carbons (Fsp3) is 0.111. The molecule has 0 bridgehead atoms. The Bertz CT molecular complexity index is 434. The number of nitroso groups, excluding NO2 is 1. The van der Waals surface area contributed by atoms with Crippen LogP contribution in [0.25, 0.3) is 0 Å². The molecule has 1 aromatic rings. The molecule has 0 atom stereocenters. The number of hydrogen-bond donors (Lipinski definition) is 2. The van der Waals surface area contributed by atoms with Crippen LogP contribution in [-0.2, 0) is 6.42 Å². The molecule has 0 unspecified atom stereocenters. The molecule has 0 fully saturated rings. The summed E-state index contributed by atoms with van der Waals surface area (Å²) in [4.78, 5) is 20.6. The first-order valence-corrected chi connectivity index (χ1v) is 4.32. The second kappa shape index (κ2) is 5.54. The number of primary amides is 1. The van der Waals surface area contributed by atoms with Crippen LogP contribution < -0.4 is 11.2 Å². The Hall–Kier alpha value is -2.31. The lowest BCUT2D eigenvalue weighted by Gasteiger charge is -1.99. The van der Waals surface area contributed by atoms with Crippen molar-refractivity contribution in [1.82, 2.24) is 5.43 Å². The van der Waals surface area contributed by atoms with Gasteiger partial charge < -0.3 is 5.73 Å². The normalized spacial score (nSPS) is 10.3. The highest BCUT2D eigenvalue weighted by atomic mass is 19.1. The first-order valence-electron chi connectivity index (χ1n) is 4.32. The van der Waals surface area contributed by atoms with E-state index in [1.807, 2.05) is 5.43 Å². The quantitative estimate of drug-likeness (QED) is 0.459. The van der Waals surface area contributed by atoms with E-state index in [0.29, 0.717) is 5.56 Å². The maximum absolute atomic E-state index is 12.7. The van der Waals surface area contributed by atoms with Crippen LogP contribution in [0, 0.1) is 10.7 Å². The van der Waals surface area contributed by atoms with E-state index in [2.05, 4.69) is 10.3 Å².